The van der Waals surface area contributed by atoms with Crippen molar-refractivity contribution >= 4 is 16.8 Å². The molecule has 1 aromatic carbocycles. The number of hydrogen-bond acceptors (Lipinski definition) is 2. The Morgan fingerprint density at radius 2 is 2.10 bits per heavy atom. The van der Waals surface area contributed by atoms with Crippen LogP contribution < -0.4 is 5.56 Å². The minimum absolute atomic E-state index is 0.167. The van der Waals surface area contributed by atoms with Crippen molar-refractivity contribution in [2.75, 3.05) is 0 Å². The summed E-state index contributed by atoms with van der Waals surface area (Å²) >= 11 is 0. The molecule has 1 aliphatic rings. The van der Waals surface area contributed by atoms with E-state index in [4.69, 9.17) is 0 Å². The third-order valence-corrected chi connectivity index (χ3v) is 3.78. The number of phenolic OH excluding ortho intramolecular Hbond substituents is 1. The molecule has 0 saturated heterocycles. The fourth-order valence-electron chi connectivity index (χ4n) is 2.85. The van der Waals surface area contributed by atoms with E-state index >= 15 is 0 Å². The van der Waals surface area contributed by atoms with Crippen LogP contribution in [0.25, 0.3) is 16.8 Å². The molecular formula is C17H17NO2. The van der Waals surface area contributed by atoms with Crippen LogP contribution in [0.4, 0.5) is 0 Å². The maximum absolute atomic E-state index is 12.2. The van der Waals surface area contributed by atoms with E-state index in [-0.39, 0.29) is 11.3 Å². The summed E-state index contributed by atoms with van der Waals surface area (Å²) in [6, 6.07) is 3.95. The van der Waals surface area contributed by atoms with Crippen LogP contribution in [0.15, 0.2) is 35.2 Å². The second-order valence-corrected chi connectivity index (χ2v) is 5.12. The molecule has 0 fully saturated rings. The topological polar surface area (TPSA) is 53.1 Å². The number of aromatic nitrogens is 1. The lowest BCUT2D eigenvalue weighted by molar-refractivity contribution is 0.475. The first-order valence-corrected chi connectivity index (χ1v) is 6.91. The number of hydrogen-bond donors (Lipinski definition) is 2. The fraction of sp³-hybridized carbons (Fsp3) is 0.235. The summed E-state index contributed by atoms with van der Waals surface area (Å²) in [5.74, 6) is 0.167. The first kappa shape index (κ1) is 12.7. The third kappa shape index (κ3) is 2.05. The number of rotatable bonds is 2. The molecule has 3 nitrogen and oxygen atoms in total. The highest BCUT2D eigenvalue weighted by molar-refractivity contribution is 5.90. The summed E-state index contributed by atoms with van der Waals surface area (Å²) < 4.78 is 0. The highest BCUT2D eigenvalue weighted by Crippen LogP contribution is 2.35. The van der Waals surface area contributed by atoms with Gasteiger partial charge in [0.15, 0.2) is 0 Å². The molecule has 3 rings (SSSR count). The molecule has 0 unspecified atom stereocenters. The second-order valence-electron chi connectivity index (χ2n) is 5.12. The van der Waals surface area contributed by atoms with Gasteiger partial charge >= 0.3 is 0 Å². The van der Waals surface area contributed by atoms with Crippen molar-refractivity contribution in [3.05, 3.63) is 57.5 Å². The van der Waals surface area contributed by atoms with E-state index in [1.54, 1.807) is 0 Å². The van der Waals surface area contributed by atoms with Gasteiger partial charge in [0, 0.05) is 5.69 Å². The Balaban J connectivity index is 2.22. The Hall–Kier alpha value is -2.29. The van der Waals surface area contributed by atoms with Crippen LogP contribution in [0, 0.1) is 0 Å². The fourth-order valence-corrected chi connectivity index (χ4v) is 2.85. The summed E-state index contributed by atoms with van der Waals surface area (Å²) in [5, 5.41) is 11.5. The Morgan fingerprint density at radius 3 is 2.90 bits per heavy atom. The molecule has 20 heavy (non-hydrogen) atoms. The van der Waals surface area contributed by atoms with Crippen molar-refractivity contribution in [1.82, 2.24) is 4.98 Å². The SMILES string of the molecule is C/C=C/C=C/c1cc2cc3c(c(O)c2c(=O)[nH]1)CCC3. The molecular weight excluding hydrogens is 250 g/mol. The summed E-state index contributed by atoms with van der Waals surface area (Å²) in [6.07, 6.45) is 10.5. The summed E-state index contributed by atoms with van der Waals surface area (Å²) in [6.45, 7) is 1.94. The Bertz CT molecular complexity index is 782. The number of aromatic hydroxyl groups is 1. The molecule has 0 radical (unpaired) electrons. The van der Waals surface area contributed by atoms with Crippen LogP contribution >= 0.6 is 0 Å². The van der Waals surface area contributed by atoms with Gasteiger partial charge in [-0.05, 0) is 54.8 Å². The zero-order valence-corrected chi connectivity index (χ0v) is 11.4. The Morgan fingerprint density at radius 1 is 1.25 bits per heavy atom. The normalized spacial score (nSPS) is 14.7. The lowest BCUT2D eigenvalue weighted by atomic mass is 10.0. The first-order chi connectivity index (χ1) is 9.70. The number of aromatic amines is 1. The van der Waals surface area contributed by atoms with E-state index in [1.807, 2.05) is 43.4 Å². The number of aryl methyl sites for hydroxylation is 1. The molecule has 0 spiro atoms. The van der Waals surface area contributed by atoms with Gasteiger partial charge < -0.3 is 10.1 Å². The maximum Gasteiger partial charge on any atom is 0.260 e. The number of phenols is 1. The van der Waals surface area contributed by atoms with E-state index < -0.39 is 0 Å². The first-order valence-electron chi connectivity index (χ1n) is 6.91. The molecule has 0 aliphatic heterocycles. The van der Waals surface area contributed by atoms with Crippen LogP contribution in [-0.2, 0) is 12.8 Å². The van der Waals surface area contributed by atoms with Crippen molar-refractivity contribution < 1.29 is 5.11 Å². The largest absolute Gasteiger partial charge is 0.507 e. The molecule has 2 aromatic rings. The van der Waals surface area contributed by atoms with Gasteiger partial charge in [0.2, 0.25) is 0 Å². The number of H-pyrrole nitrogens is 1. The Kier molecular flexibility index (Phi) is 3.18. The highest BCUT2D eigenvalue weighted by atomic mass is 16.3. The molecule has 0 saturated carbocycles. The van der Waals surface area contributed by atoms with Crippen molar-refractivity contribution in [3.63, 3.8) is 0 Å². The van der Waals surface area contributed by atoms with Gasteiger partial charge in [0.1, 0.15) is 5.75 Å². The molecule has 0 amide bonds. The van der Waals surface area contributed by atoms with Crippen LogP contribution in [0.5, 0.6) is 5.75 Å². The van der Waals surface area contributed by atoms with Gasteiger partial charge in [-0.2, -0.15) is 0 Å². The number of benzene rings is 1. The lowest BCUT2D eigenvalue weighted by Gasteiger charge is -2.07. The van der Waals surface area contributed by atoms with E-state index in [2.05, 4.69) is 4.98 Å². The molecule has 1 aromatic heterocycles. The van der Waals surface area contributed by atoms with Crippen molar-refractivity contribution in [2.24, 2.45) is 0 Å². The molecule has 1 heterocycles. The van der Waals surface area contributed by atoms with Crippen molar-refractivity contribution in [2.45, 2.75) is 26.2 Å². The van der Waals surface area contributed by atoms with E-state index in [0.29, 0.717) is 5.39 Å². The van der Waals surface area contributed by atoms with Gasteiger partial charge in [-0.15, -0.1) is 0 Å². The molecule has 1 aliphatic carbocycles. The third-order valence-electron chi connectivity index (χ3n) is 3.78. The molecule has 0 bridgehead atoms. The van der Waals surface area contributed by atoms with Gasteiger partial charge in [0.05, 0.1) is 5.39 Å². The van der Waals surface area contributed by atoms with Crippen LogP contribution in [0.1, 0.15) is 30.2 Å². The number of fused-ring (bicyclic) bond motifs is 2. The average molecular weight is 267 g/mol. The zero-order valence-electron chi connectivity index (χ0n) is 11.4. The maximum atomic E-state index is 12.2. The van der Waals surface area contributed by atoms with Crippen molar-refractivity contribution in [3.8, 4) is 5.75 Å². The monoisotopic (exact) mass is 267 g/mol. The van der Waals surface area contributed by atoms with E-state index in [1.165, 1.54) is 5.56 Å². The van der Waals surface area contributed by atoms with Gasteiger partial charge in [-0.25, -0.2) is 0 Å². The van der Waals surface area contributed by atoms with E-state index in [9.17, 15) is 9.90 Å². The Labute approximate surface area is 117 Å². The summed E-state index contributed by atoms with van der Waals surface area (Å²) in [7, 11) is 0. The molecule has 3 heteroatoms. The van der Waals surface area contributed by atoms with E-state index in [0.717, 1.165) is 35.9 Å². The van der Waals surface area contributed by atoms with Gasteiger partial charge in [0.25, 0.3) is 5.56 Å². The van der Waals surface area contributed by atoms with Crippen LogP contribution in [-0.4, -0.2) is 10.1 Å². The predicted octanol–water partition coefficient (Wildman–Crippen LogP) is 3.31. The summed E-state index contributed by atoms with van der Waals surface area (Å²) in [5.41, 5.74) is 2.64. The number of pyridine rings is 1. The lowest BCUT2D eigenvalue weighted by Crippen LogP contribution is -2.08. The average Bonchev–Trinajstić information content (AvgIpc) is 2.87. The van der Waals surface area contributed by atoms with Crippen molar-refractivity contribution in [1.29, 1.82) is 0 Å². The standard InChI is InChI=1S/C17H17NO2/c1-2-3-4-7-13-10-12-9-11-6-5-8-14(11)16(19)15(12)17(20)18-13/h2-4,7,9-10,19H,5-6,8H2,1H3,(H,18,20)/b3-2+,7-4+. The van der Waals surface area contributed by atoms with Crippen LogP contribution in [0.2, 0.25) is 0 Å². The molecule has 102 valence electrons. The summed E-state index contributed by atoms with van der Waals surface area (Å²) in [4.78, 5) is 15.0. The van der Waals surface area contributed by atoms with Gasteiger partial charge in [-0.1, -0.05) is 24.3 Å². The smallest absolute Gasteiger partial charge is 0.260 e. The predicted molar refractivity (Wildman–Crippen MR) is 82.1 cm³/mol. The number of nitrogens with one attached hydrogen (secondary N) is 1. The van der Waals surface area contributed by atoms with Gasteiger partial charge in [-0.3, -0.25) is 4.79 Å². The molecule has 2 N–H and O–H groups in total. The highest BCUT2D eigenvalue weighted by Gasteiger charge is 2.19. The number of allylic oxidation sites excluding steroid dienone is 3. The quantitative estimate of drug-likeness (QED) is 0.820. The minimum atomic E-state index is -0.227. The molecule has 0 atom stereocenters. The minimum Gasteiger partial charge on any atom is -0.507 e. The zero-order chi connectivity index (χ0) is 14.1. The second kappa shape index (κ2) is 5.00. The van der Waals surface area contributed by atoms with Crippen LogP contribution in [0.3, 0.4) is 0 Å².